The Hall–Kier alpha value is -3.95. The molecule has 9 heteroatoms. The van der Waals surface area contributed by atoms with Crippen molar-refractivity contribution < 1.29 is 13.2 Å². The molecule has 41 heavy (non-hydrogen) atoms. The summed E-state index contributed by atoms with van der Waals surface area (Å²) in [4.78, 5) is 22.3. The van der Waals surface area contributed by atoms with Gasteiger partial charge in [-0.3, -0.25) is 19.4 Å². The number of nitrogens with two attached hydrogens (primary N) is 1. The largest absolute Gasteiger partial charge is 0.399 e. The number of benzene rings is 3. The van der Waals surface area contributed by atoms with Crippen LogP contribution in [-0.4, -0.2) is 61.3 Å². The number of para-hydroxylation sites is 1. The van der Waals surface area contributed by atoms with Crippen molar-refractivity contribution in [3.8, 4) is 11.1 Å². The molecule has 1 aromatic heterocycles. The molecule has 212 valence electrons. The number of rotatable bonds is 7. The number of anilines is 2. The van der Waals surface area contributed by atoms with E-state index in [1.807, 2.05) is 35.2 Å². The van der Waals surface area contributed by atoms with Gasteiger partial charge in [0.15, 0.2) is 0 Å². The van der Waals surface area contributed by atoms with Crippen LogP contribution in [0, 0.1) is 5.92 Å². The molecule has 0 unspecified atom stereocenters. The van der Waals surface area contributed by atoms with E-state index in [-0.39, 0.29) is 16.8 Å². The van der Waals surface area contributed by atoms with Crippen molar-refractivity contribution in [2.45, 2.75) is 37.1 Å². The number of fused-ring (bicyclic) bond motifs is 1. The number of nitrogen functional groups attached to an aromatic ring is 1. The highest BCUT2D eigenvalue weighted by molar-refractivity contribution is 7.92. The number of hydrogen-bond acceptors (Lipinski definition) is 6. The number of nitrogens with zero attached hydrogens (tertiary/aromatic N) is 3. The third-order valence-corrected chi connectivity index (χ3v) is 9.75. The summed E-state index contributed by atoms with van der Waals surface area (Å²) in [6.07, 6.45) is 5.67. The second-order valence-corrected chi connectivity index (χ2v) is 12.9. The topological polar surface area (TPSA) is 109 Å². The summed E-state index contributed by atoms with van der Waals surface area (Å²) < 4.78 is 29.9. The van der Waals surface area contributed by atoms with Gasteiger partial charge in [0.25, 0.3) is 15.9 Å². The Kier molecular flexibility index (Phi) is 7.40. The number of sulfonamides is 1. The van der Waals surface area contributed by atoms with Crippen LogP contribution in [0.1, 0.15) is 36.5 Å². The van der Waals surface area contributed by atoms with Crippen molar-refractivity contribution in [1.82, 2.24) is 14.8 Å². The second-order valence-electron chi connectivity index (χ2n) is 11.2. The molecule has 6 rings (SSSR count). The van der Waals surface area contributed by atoms with Gasteiger partial charge in [0.2, 0.25) is 0 Å². The van der Waals surface area contributed by atoms with Gasteiger partial charge in [-0.15, -0.1) is 0 Å². The lowest BCUT2D eigenvalue weighted by Gasteiger charge is -2.42. The summed E-state index contributed by atoms with van der Waals surface area (Å²) in [6, 6.07) is 21.0. The maximum absolute atomic E-state index is 13.6. The first-order valence-electron chi connectivity index (χ1n) is 14.2. The maximum Gasteiger partial charge on any atom is 0.262 e. The van der Waals surface area contributed by atoms with Gasteiger partial charge in [-0.1, -0.05) is 30.7 Å². The van der Waals surface area contributed by atoms with Crippen LogP contribution < -0.4 is 10.5 Å². The predicted octanol–water partition coefficient (Wildman–Crippen LogP) is 5.23. The summed E-state index contributed by atoms with van der Waals surface area (Å²) in [5, 5.41) is 0.901. The first-order chi connectivity index (χ1) is 19.8. The summed E-state index contributed by atoms with van der Waals surface area (Å²) in [6.45, 7) is 5.71. The molecule has 1 aliphatic heterocycles. The highest BCUT2D eigenvalue weighted by Gasteiger charge is 2.30. The van der Waals surface area contributed by atoms with Gasteiger partial charge in [0, 0.05) is 71.9 Å². The third kappa shape index (κ3) is 5.64. The minimum Gasteiger partial charge on any atom is -0.399 e. The minimum absolute atomic E-state index is 0.0283. The normalized spacial score (nSPS) is 18.3. The molecule has 1 amide bonds. The molecular formula is C32H35N5O3S. The number of carbonyl (C=O) groups is 1. The Balaban J connectivity index is 1.19. The lowest BCUT2D eigenvalue weighted by Crippen LogP contribution is -2.55. The Labute approximate surface area is 241 Å². The maximum atomic E-state index is 13.6. The van der Waals surface area contributed by atoms with Crippen LogP contribution in [0.15, 0.2) is 83.9 Å². The van der Waals surface area contributed by atoms with E-state index in [9.17, 15) is 13.2 Å². The van der Waals surface area contributed by atoms with Gasteiger partial charge in [0.1, 0.15) is 0 Å². The number of pyridine rings is 1. The summed E-state index contributed by atoms with van der Waals surface area (Å²) in [5.41, 5.74) is 9.30. The Morgan fingerprint density at radius 1 is 1.00 bits per heavy atom. The van der Waals surface area contributed by atoms with E-state index in [0.717, 1.165) is 30.9 Å². The molecule has 0 bridgehead atoms. The Bertz CT molecular complexity index is 1680. The van der Waals surface area contributed by atoms with E-state index in [1.54, 1.807) is 42.6 Å². The molecule has 1 saturated carbocycles. The molecule has 4 aromatic rings. The van der Waals surface area contributed by atoms with Crippen molar-refractivity contribution in [2.24, 2.45) is 5.92 Å². The zero-order valence-corrected chi connectivity index (χ0v) is 24.0. The average molecular weight is 570 g/mol. The molecule has 1 atom stereocenters. The summed E-state index contributed by atoms with van der Waals surface area (Å²) >= 11 is 0. The molecule has 2 aliphatic rings. The van der Waals surface area contributed by atoms with Crippen LogP contribution >= 0.6 is 0 Å². The number of carbonyl (C=O) groups excluding carboxylic acids is 1. The van der Waals surface area contributed by atoms with Crippen LogP contribution in [0.4, 0.5) is 11.4 Å². The quantitative estimate of drug-likeness (QED) is 0.295. The van der Waals surface area contributed by atoms with Crippen LogP contribution in [0.25, 0.3) is 22.0 Å². The Morgan fingerprint density at radius 2 is 1.78 bits per heavy atom. The van der Waals surface area contributed by atoms with E-state index >= 15 is 0 Å². The fraction of sp³-hybridized carbons (Fsp3) is 0.312. The first kappa shape index (κ1) is 27.2. The zero-order valence-electron chi connectivity index (χ0n) is 23.2. The lowest BCUT2D eigenvalue weighted by molar-refractivity contribution is 0.0424. The molecule has 2 heterocycles. The van der Waals surface area contributed by atoms with E-state index in [4.69, 9.17) is 5.73 Å². The van der Waals surface area contributed by atoms with E-state index in [2.05, 4.69) is 21.5 Å². The second kappa shape index (κ2) is 11.1. The van der Waals surface area contributed by atoms with Crippen LogP contribution in [-0.2, 0) is 10.0 Å². The van der Waals surface area contributed by atoms with Crippen molar-refractivity contribution in [3.63, 3.8) is 0 Å². The SMILES string of the molecule is C[C@@H]1CN(CC2CCC2)CCN1C(=O)c1ccc(NS(=O)(=O)c2ccc(N)cc2-c2cccc3cccnc23)cc1. The average Bonchev–Trinajstić information content (AvgIpc) is 2.94. The lowest BCUT2D eigenvalue weighted by atomic mass is 9.85. The molecule has 8 nitrogen and oxygen atoms in total. The molecule has 0 radical (unpaired) electrons. The number of nitrogens with one attached hydrogen (secondary N) is 1. The number of aromatic nitrogens is 1. The van der Waals surface area contributed by atoms with Gasteiger partial charge in [0.05, 0.1) is 10.4 Å². The third-order valence-electron chi connectivity index (χ3n) is 8.31. The number of amides is 1. The molecule has 1 saturated heterocycles. The van der Waals surface area contributed by atoms with Gasteiger partial charge in [-0.25, -0.2) is 8.42 Å². The Morgan fingerprint density at radius 3 is 2.51 bits per heavy atom. The van der Waals surface area contributed by atoms with E-state index in [1.165, 1.54) is 25.3 Å². The van der Waals surface area contributed by atoms with Gasteiger partial charge in [-0.2, -0.15) is 0 Å². The fourth-order valence-electron chi connectivity index (χ4n) is 5.91. The zero-order chi connectivity index (χ0) is 28.6. The molecule has 1 aliphatic carbocycles. The standard InChI is InChI=1S/C32H35N5O3S/c1-22-20-36(21-23-5-2-6-23)17-18-37(22)32(38)25-10-13-27(14-11-25)35-41(39,40)30-15-12-26(33)19-29(30)28-9-3-7-24-8-4-16-34-31(24)28/h3-4,7-16,19,22-23,35H,2,5-6,17-18,20-21,33H2,1H3/t22-/m1/s1. The summed E-state index contributed by atoms with van der Waals surface area (Å²) in [5.74, 6) is 0.785. The summed E-state index contributed by atoms with van der Waals surface area (Å²) in [7, 11) is -3.99. The molecule has 2 fully saturated rings. The fourth-order valence-corrected chi connectivity index (χ4v) is 7.17. The van der Waals surface area contributed by atoms with Gasteiger partial charge in [-0.05, 0) is 74.2 Å². The number of hydrogen-bond donors (Lipinski definition) is 2. The predicted molar refractivity (Wildman–Crippen MR) is 163 cm³/mol. The van der Waals surface area contributed by atoms with Gasteiger partial charge < -0.3 is 10.6 Å². The van der Waals surface area contributed by atoms with Crippen LogP contribution in [0.2, 0.25) is 0 Å². The van der Waals surface area contributed by atoms with Crippen LogP contribution in [0.5, 0.6) is 0 Å². The monoisotopic (exact) mass is 569 g/mol. The smallest absolute Gasteiger partial charge is 0.262 e. The van der Waals surface area contributed by atoms with Crippen molar-refractivity contribution in [2.75, 3.05) is 36.6 Å². The minimum atomic E-state index is -3.99. The first-order valence-corrected chi connectivity index (χ1v) is 15.7. The van der Waals surface area contributed by atoms with Gasteiger partial charge >= 0.3 is 0 Å². The highest BCUT2D eigenvalue weighted by atomic mass is 32.2. The van der Waals surface area contributed by atoms with Crippen molar-refractivity contribution in [1.29, 1.82) is 0 Å². The van der Waals surface area contributed by atoms with Crippen molar-refractivity contribution in [3.05, 3.63) is 84.6 Å². The molecule has 3 N–H and O–H groups in total. The van der Waals surface area contributed by atoms with E-state index in [0.29, 0.717) is 40.1 Å². The molecule has 3 aromatic carbocycles. The van der Waals surface area contributed by atoms with Crippen molar-refractivity contribution >= 4 is 38.2 Å². The van der Waals surface area contributed by atoms with Crippen LogP contribution in [0.3, 0.4) is 0 Å². The molecular weight excluding hydrogens is 534 g/mol. The number of piperazine rings is 1. The van der Waals surface area contributed by atoms with E-state index < -0.39 is 10.0 Å². The highest BCUT2D eigenvalue weighted by Crippen LogP contribution is 2.34. The molecule has 0 spiro atoms.